The molecule has 0 bridgehead atoms. The lowest BCUT2D eigenvalue weighted by molar-refractivity contribution is -0.136. The Kier molecular flexibility index (Phi) is 5.41. The van der Waals surface area contributed by atoms with Crippen molar-refractivity contribution >= 4 is 15.9 Å². The van der Waals surface area contributed by atoms with E-state index in [1.54, 1.807) is 18.2 Å². The van der Waals surface area contributed by atoms with E-state index in [2.05, 4.69) is 26.5 Å². The third-order valence-electron chi connectivity index (χ3n) is 5.55. The van der Waals surface area contributed by atoms with E-state index in [9.17, 15) is 13.2 Å². The zero-order valence-electron chi connectivity index (χ0n) is 15.8. The largest absolute Gasteiger partial charge is 0.348 e. The summed E-state index contributed by atoms with van der Waals surface area (Å²) in [4.78, 5) is 24.8. The van der Waals surface area contributed by atoms with Crippen LogP contribution in [-0.4, -0.2) is 72.6 Å². The molecule has 1 aromatic heterocycles. The summed E-state index contributed by atoms with van der Waals surface area (Å²) in [5.74, 6) is -0.162. The number of hydrogen-bond acceptors (Lipinski definition) is 5. The van der Waals surface area contributed by atoms with E-state index in [0.29, 0.717) is 13.1 Å². The molecule has 2 aliphatic heterocycles. The molecule has 0 aliphatic carbocycles. The van der Waals surface area contributed by atoms with Crippen molar-refractivity contribution in [3.8, 4) is 0 Å². The number of fused-ring (bicyclic) bond motifs is 2. The van der Waals surface area contributed by atoms with Gasteiger partial charge in [-0.1, -0.05) is 6.92 Å². The average molecular weight is 384 g/mol. The number of carbonyl (C=O) groups is 1. The van der Waals surface area contributed by atoms with Crippen LogP contribution in [0.25, 0.3) is 0 Å². The van der Waals surface area contributed by atoms with Gasteiger partial charge in [-0.25, -0.2) is 18.1 Å². The third-order valence-corrected chi connectivity index (χ3v) is 6.33. The number of H-pyrrole nitrogens is 1. The maximum absolute atomic E-state index is 12.6. The molecule has 1 saturated heterocycles. The van der Waals surface area contributed by atoms with Crippen LogP contribution in [0.15, 0.2) is 6.33 Å². The monoisotopic (exact) mass is 383 g/mol. The number of aromatic amines is 1. The molecule has 0 radical (unpaired) electrons. The number of sulfonamides is 1. The molecule has 8 nitrogen and oxygen atoms in total. The van der Waals surface area contributed by atoms with Crippen molar-refractivity contribution in [2.24, 2.45) is 0 Å². The molecular formula is C17H29N5O3S. The summed E-state index contributed by atoms with van der Waals surface area (Å²) in [6.07, 6.45) is 6.56. The summed E-state index contributed by atoms with van der Waals surface area (Å²) < 4.78 is 25.2. The number of likely N-dealkylation sites (tertiary alicyclic amines) is 1. The second kappa shape index (κ2) is 7.28. The van der Waals surface area contributed by atoms with Crippen LogP contribution < -0.4 is 4.72 Å². The van der Waals surface area contributed by atoms with Gasteiger partial charge in [0, 0.05) is 31.7 Å². The summed E-state index contributed by atoms with van der Waals surface area (Å²) in [5, 5.41) is 0. The van der Waals surface area contributed by atoms with Gasteiger partial charge in [-0.15, -0.1) is 0 Å². The predicted octanol–water partition coefficient (Wildman–Crippen LogP) is 0.433. The van der Waals surface area contributed by atoms with Gasteiger partial charge in [0.25, 0.3) is 0 Å². The predicted molar refractivity (Wildman–Crippen MR) is 99.1 cm³/mol. The number of imidazole rings is 1. The standard InChI is InChI=1S/C17H29N5O3S/c1-4-8-22-9-5-14-15(19-12-18-14)17(22)6-10-21(11-7-17)16(23)13(2)20-26(3,24)25/h12-13,20H,4-11H2,1-3H3,(H,18,19)/t13-/m0/s1. The van der Waals surface area contributed by atoms with E-state index in [-0.39, 0.29) is 11.4 Å². The summed E-state index contributed by atoms with van der Waals surface area (Å²) in [7, 11) is -3.40. The van der Waals surface area contributed by atoms with E-state index < -0.39 is 16.1 Å². The molecule has 1 amide bonds. The van der Waals surface area contributed by atoms with Crippen LogP contribution in [0.3, 0.4) is 0 Å². The highest BCUT2D eigenvalue weighted by Gasteiger charge is 2.47. The smallest absolute Gasteiger partial charge is 0.240 e. The minimum atomic E-state index is -3.40. The molecule has 3 rings (SSSR count). The Morgan fingerprint density at radius 1 is 1.38 bits per heavy atom. The van der Waals surface area contributed by atoms with Crippen molar-refractivity contribution in [3.63, 3.8) is 0 Å². The van der Waals surface area contributed by atoms with Crippen molar-refractivity contribution in [2.75, 3.05) is 32.4 Å². The van der Waals surface area contributed by atoms with Crippen molar-refractivity contribution in [2.45, 2.75) is 51.1 Å². The molecule has 1 aromatic rings. The third kappa shape index (κ3) is 3.65. The van der Waals surface area contributed by atoms with Crippen LogP contribution in [0.1, 0.15) is 44.5 Å². The first kappa shape index (κ1) is 19.3. The van der Waals surface area contributed by atoms with Gasteiger partial charge in [0.2, 0.25) is 15.9 Å². The molecule has 2 N–H and O–H groups in total. The first-order valence-electron chi connectivity index (χ1n) is 9.30. The maximum Gasteiger partial charge on any atom is 0.240 e. The normalized spacial score (nSPS) is 21.6. The Labute approximate surface area is 155 Å². The van der Waals surface area contributed by atoms with Crippen LogP contribution in [0.4, 0.5) is 0 Å². The zero-order valence-corrected chi connectivity index (χ0v) is 16.6. The average Bonchev–Trinajstić information content (AvgIpc) is 3.06. The van der Waals surface area contributed by atoms with Gasteiger partial charge in [0.1, 0.15) is 0 Å². The SMILES string of the molecule is CCCN1CCc2[nH]cnc2C12CCN(C(=O)[C@H](C)NS(C)(=O)=O)CC2. The zero-order chi connectivity index (χ0) is 18.9. The number of piperidine rings is 1. The highest BCUT2D eigenvalue weighted by molar-refractivity contribution is 7.88. The van der Waals surface area contributed by atoms with Crippen LogP contribution in [-0.2, 0) is 26.8 Å². The Morgan fingerprint density at radius 3 is 2.69 bits per heavy atom. The molecular weight excluding hydrogens is 354 g/mol. The summed E-state index contributed by atoms with van der Waals surface area (Å²) >= 11 is 0. The second-order valence-corrected chi connectivity index (χ2v) is 9.22. The quantitative estimate of drug-likeness (QED) is 0.768. The van der Waals surface area contributed by atoms with Gasteiger partial charge in [0.15, 0.2) is 0 Å². The number of hydrogen-bond donors (Lipinski definition) is 2. The fourth-order valence-electron chi connectivity index (χ4n) is 4.41. The molecule has 26 heavy (non-hydrogen) atoms. The molecule has 0 aromatic carbocycles. The van der Waals surface area contributed by atoms with Crippen LogP contribution in [0, 0.1) is 0 Å². The van der Waals surface area contributed by atoms with E-state index in [4.69, 9.17) is 0 Å². The molecule has 1 spiro atoms. The Hall–Kier alpha value is -1.45. The first-order chi connectivity index (χ1) is 12.3. The van der Waals surface area contributed by atoms with Crippen molar-refractivity contribution in [3.05, 3.63) is 17.7 Å². The van der Waals surface area contributed by atoms with Gasteiger partial charge >= 0.3 is 0 Å². The number of carbonyl (C=O) groups excluding carboxylic acids is 1. The molecule has 3 heterocycles. The topological polar surface area (TPSA) is 98.4 Å². The molecule has 1 fully saturated rings. The number of nitrogens with one attached hydrogen (secondary N) is 2. The highest BCUT2D eigenvalue weighted by Crippen LogP contribution is 2.42. The molecule has 146 valence electrons. The summed E-state index contributed by atoms with van der Waals surface area (Å²) in [6, 6.07) is -0.738. The molecule has 0 unspecified atom stereocenters. The minimum Gasteiger partial charge on any atom is -0.348 e. The van der Waals surface area contributed by atoms with Crippen molar-refractivity contribution < 1.29 is 13.2 Å². The van der Waals surface area contributed by atoms with Crippen LogP contribution >= 0.6 is 0 Å². The van der Waals surface area contributed by atoms with E-state index in [0.717, 1.165) is 50.7 Å². The molecule has 0 saturated carbocycles. The second-order valence-electron chi connectivity index (χ2n) is 7.44. The molecule has 2 aliphatic rings. The highest BCUT2D eigenvalue weighted by atomic mass is 32.2. The van der Waals surface area contributed by atoms with Gasteiger partial charge in [-0.05, 0) is 32.7 Å². The molecule has 1 atom stereocenters. The minimum absolute atomic E-state index is 0.117. The van der Waals surface area contributed by atoms with E-state index in [1.807, 2.05) is 0 Å². The Morgan fingerprint density at radius 2 is 2.08 bits per heavy atom. The lowest BCUT2D eigenvalue weighted by Crippen LogP contribution is -2.58. The lowest BCUT2D eigenvalue weighted by atomic mass is 9.78. The maximum atomic E-state index is 12.6. The number of amides is 1. The van der Waals surface area contributed by atoms with E-state index >= 15 is 0 Å². The summed E-state index contributed by atoms with van der Waals surface area (Å²) in [6.45, 7) is 7.03. The Bertz CT molecular complexity index is 752. The van der Waals surface area contributed by atoms with Gasteiger partial charge in [0.05, 0.1) is 29.9 Å². The Balaban J connectivity index is 1.75. The fraction of sp³-hybridized carbons (Fsp3) is 0.765. The van der Waals surface area contributed by atoms with Gasteiger partial charge < -0.3 is 9.88 Å². The van der Waals surface area contributed by atoms with Crippen LogP contribution in [0.5, 0.6) is 0 Å². The van der Waals surface area contributed by atoms with Gasteiger partial charge in [-0.2, -0.15) is 0 Å². The number of rotatable bonds is 5. The van der Waals surface area contributed by atoms with Crippen molar-refractivity contribution in [1.29, 1.82) is 0 Å². The van der Waals surface area contributed by atoms with Gasteiger partial charge in [-0.3, -0.25) is 9.69 Å². The summed E-state index contributed by atoms with van der Waals surface area (Å²) in [5.41, 5.74) is 2.23. The number of aromatic nitrogens is 2. The number of nitrogens with zero attached hydrogens (tertiary/aromatic N) is 3. The first-order valence-corrected chi connectivity index (χ1v) is 11.2. The van der Waals surface area contributed by atoms with Crippen LogP contribution in [0.2, 0.25) is 0 Å². The van der Waals surface area contributed by atoms with Crippen molar-refractivity contribution in [1.82, 2.24) is 24.5 Å². The molecule has 9 heteroatoms. The lowest BCUT2D eigenvalue weighted by Gasteiger charge is -2.50. The fourth-order valence-corrected chi connectivity index (χ4v) is 5.16. The van der Waals surface area contributed by atoms with E-state index in [1.165, 1.54) is 5.69 Å².